The fourth-order valence-electron chi connectivity index (χ4n) is 1.40. The number of benzene rings is 2. The van der Waals surface area contributed by atoms with Gasteiger partial charge in [-0.05, 0) is 29.3 Å². The summed E-state index contributed by atoms with van der Waals surface area (Å²) in [6, 6.07) is 15.1. The fourth-order valence-corrected chi connectivity index (χ4v) is 1.52. The summed E-state index contributed by atoms with van der Waals surface area (Å²) in [4.78, 5) is 3.40. The molecule has 0 aliphatic carbocycles. The van der Waals surface area contributed by atoms with Crippen LogP contribution in [0.25, 0.3) is 16.0 Å². The monoisotopic (exact) mass is 213 g/mol. The summed E-state index contributed by atoms with van der Waals surface area (Å²) in [7, 11) is 0. The Hall–Kier alpha value is -1.78. The van der Waals surface area contributed by atoms with Crippen molar-refractivity contribution in [2.75, 3.05) is 0 Å². The van der Waals surface area contributed by atoms with E-state index >= 15 is 0 Å². The van der Waals surface area contributed by atoms with E-state index in [1.807, 2.05) is 42.5 Å². The van der Waals surface area contributed by atoms with Gasteiger partial charge in [0.15, 0.2) is 5.69 Å². The van der Waals surface area contributed by atoms with Gasteiger partial charge in [-0.15, -0.1) is 0 Å². The summed E-state index contributed by atoms with van der Waals surface area (Å²) >= 11 is 5.81. The fraction of sp³-hybridized carbons (Fsp3) is 0. The third kappa shape index (κ3) is 2.18. The van der Waals surface area contributed by atoms with Crippen molar-refractivity contribution in [2.24, 2.45) is 0 Å². The molecule has 0 heterocycles. The molecule has 2 rings (SSSR count). The predicted octanol–water partition coefficient (Wildman–Crippen LogP) is 4.56. The van der Waals surface area contributed by atoms with E-state index in [9.17, 15) is 0 Å². The number of nitrogens with zero attached hydrogens (tertiary/aromatic N) is 1. The molecule has 1 nitrogen and oxygen atoms in total. The lowest BCUT2D eigenvalue weighted by Crippen LogP contribution is -1.75. The number of rotatable bonds is 1. The van der Waals surface area contributed by atoms with Crippen molar-refractivity contribution < 1.29 is 0 Å². The van der Waals surface area contributed by atoms with Crippen LogP contribution in [-0.2, 0) is 0 Å². The molecular weight excluding hydrogens is 206 g/mol. The highest BCUT2D eigenvalue weighted by molar-refractivity contribution is 6.30. The molecule has 2 heteroatoms. The van der Waals surface area contributed by atoms with Gasteiger partial charge in [-0.25, -0.2) is 4.85 Å². The lowest BCUT2D eigenvalue weighted by molar-refractivity contribution is 1.62. The maximum Gasteiger partial charge on any atom is 0.187 e. The van der Waals surface area contributed by atoms with Crippen LogP contribution in [0.2, 0.25) is 5.02 Å². The Labute approximate surface area is 93.8 Å². The van der Waals surface area contributed by atoms with Crippen LogP contribution in [0.15, 0.2) is 48.5 Å². The van der Waals surface area contributed by atoms with Gasteiger partial charge in [0, 0.05) is 5.02 Å². The van der Waals surface area contributed by atoms with Gasteiger partial charge < -0.3 is 0 Å². The summed E-state index contributed by atoms with van der Waals surface area (Å²) in [5.74, 6) is 0. The zero-order valence-corrected chi connectivity index (χ0v) is 8.70. The predicted molar refractivity (Wildman–Crippen MR) is 63.2 cm³/mol. The van der Waals surface area contributed by atoms with Crippen LogP contribution in [-0.4, -0.2) is 0 Å². The molecule has 0 atom stereocenters. The minimum atomic E-state index is 0.655. The molecule has 0 spiro atoms. The second-order valence-electron chi connectivity index (χ2n) is 3.17. The molecular formula is C13H8ClN. The summed E-state index contributed by atoms with van der Waals surface area (Å²) in [6.07, 6.45) is 0. The van der Waals surface area contributed by atoms with Gasteiger partial charge in [0.1, 0.15) is 0 Å². The molecule has 15 heavy (non-hydrogen) atoms. The number of hydrogen-bond donors (Lipinski definition) is 0. The van der Waals surface area contributed by atoms with Crippen molar-refractivity contribution in [3.05, 3.63) is 65.0 Å². The van der Waals surface area contributed by atoms with E-state index in [4.69, 9.17) is 18.2 Å². The molecule has 2 aromatic rings. The van der Waals surface area contributed by atoms with Gasteiger partial charge in [-0.2, -0.15) is 0 Å². The molecule has 0 saturated carbocycles. The van der Waals surface area contributed by atoms with E-state index < -0.39 is 0 Å². The second kappa shape index (κ2) is 4.16. The highest BCUT2D eigenvalue weighted by atomic mass is 35.5. The summed E-state index contributed by atoms with van der Waals surface area (Å²) < 4.78 is 0. The van der Waals surface area contributed by atoms with Crippen LogP contribution in [0.5, 0.6) is 0 Å². The first kappa shape index (κ1) is 9.76. The van der Waals surface area contributed by atoms with Crippen LogP contribution in [0.1, 0.15) is 0 Å². The smallest absolute Gasteiger partial charge is 0.187 e. The Bertz CT molecular complexity index is 509. The molecule has 0 aliphatic rings. The van der Waals surface area contributed by atoms with Crippen molar-refractivity contribution in [3.63, 3.8) is 0 Å². The van der Waals surface area contributed by atoms with Crippen molar-refractivity contribution in [3.8, 4) is 11.1 Å². The number of hydrogen-bond acceptors (Lipinski definition) is 0. The van der Waals surface area contributed by atoms with E-state index in [-0.39, 0.29) is 0 Å². The van der Waals surface area contributed by atoms with Crippen LogP contribution in [0.4, 0.5) is 5.69 Å². The summed E-state index contributed by atoms with van der Waals surface area (Å²) in [5.41, 5.74) is 2.77. The van der Waals surface area contributed by atoms with Gasteiger partial charge in [-0.3, -0.25) is 0 Å². The normalized spacial score (nSPS) is 9.60. The highest BCUT2D eigenvalue weighted by Crippen LogP contribution is 2.25. The highest BCUT2D eigenvalue weighted by Gasteiger charge is 1.98. The molecule has 0 unspecified atom stereocenters. The topological polar surface area (TPSA) is 4.36 Å². The average Bonchev–Trinajstić information content (AvgIpc) is 2.30. The molecule has 2 aromatic carbocycles. The first-order valence-corrected chi connectivity index (χ1v) is 4.91. The van der Waals surface area contributed by atoms with E-state index in [0.717, 1.165) is 16.1 Å². The Morgan fingerprint density at radius 1 is 0.933 bits per heavy atom. The maximum atomic E-state index is 6.94. The SMILES string of the molecule is [C-]#[N+]c1cccc(-c2ccc(Cl)cc2)c1. The van der Waals surface area contributed by atoms with E-state index in [1.54, 1.807) is 6.07 Å². The standard InChI is InChI=1S/C13H8ClN/c1-15-13-4-2-3-11(9-13)10-5-7-12(14)8-6-10/h2-9H. The Balaban J connectivity index is 2.46. The number of halogens is 1. The Morgan fingerprint density at radius 2 is 1.67 bits per heavy atom. The van der Waals surface area contributed by atoms with E-state index in [2.05, 4.69) is 4.85 Å². The molecule has 0 aromatic heterocycles. The van der Waals surface area contributed by atoms with Gasteiger partial charge in [0.2, 0.25) is 0 Å². The zero-order chi connectivity index (χ0) is 10.7. The van der Waals surface area contributed by atoms with Gasteiger partial charge in [-0.1, -0.05) is 41.9 Å². The van der Waals surface area contributed by atoms with Gasteiger partial charge in [0.25, 0.3) is 0 Å². The molecule has 0 amide bonds. The zero-order valence-electron chi connectivity index (χ0n) is 7.94. The third-order valence-corrected chi connectivity index (χ3v) is 2.40. The Morgan fingerprint density at radius 3 is 2.33 bits per heavy atom. The van der Waals surface area contributed by atoms with Gasteiger partial charge >= 0.3 is 0 Å². The largest absolute Gasteiger partial charge is 0.238 e. The molecule has 0 fully saturated rings. The quantitative estimate of drug-likeness (QED) is 0.612. The van der Waals surface area contributed by atoms with E-state index in [1.165, 1.54) is 0 Å². The lowest BCUT2D eigenvalue weighted by atomic mass is 10.1. The second-order valence-corrected chi connectivity index (χ2v) is 3.61. The van der Waals surface area contributed by atoms with Crippen LogP contribution in [0, 0.1) is 6.57 Å². The van der Waals surface area contributed by atoms with Crippen LogP contribution < -0.4 is 0 Å². The Kier molecular flexibility index (Phi) is 2.71. The molecule has 0 radical (unpaired) electrons. The first-order valence-electron chi connectivity index (χ1n) is 4.53. The van der Waals surface area contributed by atoms with Crippen molar-refractivity contribution in [1.29, 1.82) is 0 Å². The molecule has 0 saturated heterocycles. The molecule has 0 bridgehead atoms. The average molecular weight is 214 g/mol. The third-order valence-electron chi connectivity index (χ3n) is 2.15. The van der Waals surface area contributed by atoms with Crippen LogP contribution in [0.3, 0.4) is 0 Å². The first-order chi connectivity index (χ1) is 7.29. The minimum absolute atomic E-state index is 0.655. The van der Waals surface area contributed by atoms with Crippen LogP contribution >= 0.6 is 11.6 Å². The molecule has 0 aliphatic heterocycles. The minimum Gasteiger partial charge on any atom is -0.238 e. The van der Waals surface area contributed by atoms with Crippen molar-refractivity contribution >= 4 is 17.3 Å². The lowest BCUT2D eigenvalue weighted by Gasteiger charge is -2.01. The summed E-state index contributed by atoms with van der Waals surface area (Å²) in [6.45, 7) is 6.94. The maximum absolute atomic E-state index is 6.94. The molecule has 0 N–H and O–H groups in total. The van der Waals surface area contributed by atoms with Gasteiger partial charge in [0.05, 0.1) is 6.57 Å². The molecule has 72 valence electrons. The van der Waals surface area contributed by atoms with Crippen molar-refractivity contribution in [1.82, 2.24) is 0 Å². The van der Waals surface area contributed by atoms with E-state index in [0.29, 0.717) is 5.69 Å². The van der Waals surface area contributed by atoms with Crippen molar-refractivity contribution in [2.45, 2.75) is 0 Å². The summed E-state index contributed by atoms with van der Waals surface area (Å²) in [5, 5.41) is 0.722.